The minimum Gasteiger partial charge on any atom is -0.468 e. The van der Waals surface area contributed by atoms with Crippen molar-refractivity contribution in [3.05, 3.63) is 46.0 Å². The molecule has 2 heterocycles. The van der Waals surface area contributed by atoms with Crippen molar-refractivity contribution in [2.45, 2.75) is 25.9 Å². The molecule has 0 aliphatic rings. The second-order valence-corrected chi connectivity index (χ2v) is 6.10. The van der Waals surface area contributed by atoms with Crippen LogP contribution >= 0.6 is 11.3 Å². The van der Waals surface area contributed by atoms with Crippen LogP contribution in [0.15, 0.2) is 34.9 Å². The van der Waals surface area contributed by atoms with Crippen molar-refractivity contribution in [2.24, 2.45) is 0 Å². The highest BCUT2D eigenvalue weighted by molar-refractivity contribution is 7.11. The predicted molar refractivity (Wildman–Crippen MR) is 80.5 cm³/mol. The zero-order chi connectivity index (χ0) is 13.7. The molecule has 0 aliphatic heterocycles. The molecular weight excluding hydrogens is 256 g/mol. The Morgan fingerprint density at radius 3 is 2.63 bits per heavy atom. The average molecular weight is 278 g/mol. The van der Waals surface area contributed by atoms with Gasteiger partial charge in [0.05, 0.1) is 12.3 Å². The molecule has 0 saturated heterocycles. The topological polar surface area (TPSA) is 28.4 Å². The minimum absolute atomic E-state index is 0.278. The molecule has 1 atom stereocenters. The summed E-state index contributed by atoms with van der Waals surface area (Å²) >= 11 is 1.89. The molecule has 4 heteroatoms. The first-order valence-electron chi connectivity index (χ1n) is 6.68. The van der Waals surface area contributed by atoms with Gasteiger partial charge in [-0.1, -0.05) is 6.92 Å². The van der Waals surface area contributed by atoms with Gasteiger partial charge in [0, 0.05) is 22.8 Å². The van der Waals surface area contributed by atoms with E-state index in [4.69, 9.17) is 4.42 Å². The summed E-state index contributed by atoms with van der Waals surface area (Å²) in [6.07, 6.45) is 2.86. The van der Waals surface area contributed by atoms with E-state index >= 15 is 0 Å². The molecule has 104 valence electrons. The quantitative estimate of drug-likeness (QED) is 0.842. The summed E-state index contributed by atoms with van der Waals surface area (Å²) in [4.78, 5) is 5.03. The fourth-order valence-electron chi connectivity index (χ4n) is 2.06. The van der Waals surface area contributed by atoms with Crippen LogP contribution in [-0.4, -0.2) is 25.5 Å². The van der Waals surface area contributed by atoms with Gasteiger partial charge in [-0.3, -0.25) is 4.90 Å². The normalized spacial score (nSPS) is 13.1. The molecule has 2 rings (SSSR count). The van der Waals surface area contributed by atoms with E-state index < -0.39 is 0 Å². The van der Waals surface area contributed by atoms with Gasteiger partial charge in [0.1, 0.15) is 5.76 Å². The van der Waals surface area contributed by atoms with Gasteiger partial charge in [0.25, 0.3) is 0 Å². The Kier molecular flexibility index (Phi) is 5.19. The number of rotatable bonds is 7. The molecule has 0 radical (unpaired) electrons. The number of hydrogen-bond acceptors (Lipinski definition) is 4. The predicted octanol–water partition coefficient (Wildman–Crippen LogP) is 3.30. The number of likely N-dealkylation sites (N-methyl/N-ethyl adjacent to an activating group) is 1. The van der Waals surface area contributed by atoms with Crippen molar-refractivity contribution >= 4 is 11.3 Å². The number of furan rings is 1. The third kappa shape index (κ3) is 3.93. The zero-order valence-electron chi connectivity index (χ0n) is 11.8. The molecule has 2 aromatic rings. The lowest BCUT2D eigenvalue weighted by atomic mass is 10.2. The minimum atomic E-state index is 0.278. The van der Waals surface area contributed by atoms with Crippen LogP contribution in [0.25, 0.3) is 0 Å². The van der Waals surface area contributed by atoms with Crippen LogP contribution in [0.3, 0.4) is 0 Å². The Hall–Kier alpha value is -1.10. The fourth-order valence-corrected chi connectivity index (χ4v) is 2.99. The second kappa shape index (κ2) is 6.89. The van der Waals surface area contributed by atoms with Crippen LogP contribution in [0.4, 0.5) is 0 Å². The van der Waals surface area contributed by atoms with Crippen molar-refractivity contribution in [3.8, 4) is 0 Å². The standard InChI is InChI=1S/C15H22N2OS/c1-4-12-7-8-13(19-12)10-16-11-14(17(2)3)15-6-5-9-18-15/h5-9,14,16H,4,10-11H2,1-3H3. The van der Waals surface area contributed by atoms with Crippen LogP contribution in [-0.2, 0) is 13.0 Å². The van der Waals surface area contributed by atoms with Crippen LogP contribution in [0, 0.1) is 0 Å². The molecular formula is C15H22N2OS. The molecule has 1 N–H and O–H groups in total. The third-order valence-corrected chi connectivity index (χ3v) is 4.43. The van der Waals surface area contributed by atoms with E-state index in [0.717, 1.165) is 25.3 Å². The van der Waals surface area contributed by atoms with Gasteiger partial charge in [0.15, 0.2) is 0 Å². The summed E-state index contributed by atoms with van der Waals surface area (Å²) < 4.78 is 5.50. The van der Waals surface area contributed by atoms with Crippen LogP contribution in [0.2, 0.25) is 0 Å². The van der Waals surface area contributed by atoms with Gasteiger partial charge in [0.2, 0.25) is 0 Å². The van der Waals surface area contributed by atoms with Gasteiger partial charge in [-0.05, 0) is 44.8 Å². The lowest BCUT2D eigenvalue weighted by molar-refractivity contribution is 0.250. The van der Waals surface area contributed by atoms with Gasteiger partial charge in [-0.2, -0.15) is 0 Å². The molecule has 0 aliphatic carbocycles. The van der Waals surface area contributed by atoms with E-state index in [2.05, 4.69) is 43.4 Å². The van der Waals surface area contributed by atoms with Crippen molar-refractivity contribution in [2.75, 3.05) is 20.6 Å². The van der Waals surface area contributed by atoms with Crippen molar-refractivity contribution < 1.29 is 4.42 Å². The van der Waals surface area contributed by atoms with Crippen molar-refractivity contribution in [3.63, 3.8) is 0 Å². The lowest BCUT2D eigenvalue weighted by Gasteiger charge is -2.22. The molecule has 0 spiro atoms. The number of nitrogens with zero attached hydrogens (tertiary/aromatic N) is 1. The number of hydrogen-bond donors (Lipinski definition) is 1. The highest BCUT2D eigenvalue weighted by Crippen LogP contribution is 2.19. The Labute approximate surface area is 119 Å². The first-order valence-corrected chi connectivity index (χ1v) is 7.50. The molecule has 3 nitrogen and oxygen atoms in total. The maximum Gasteiger partial charge on any atom is 0.122 e. The molecule has 0 saturated carbocycles. The van der Waals surface area contributed by atoms with Crippen LogP contribution < -0.4 is 5.32 Å². The van der Waals surface area contributed by atoms with Crippen molar-refractivity contribution in [1.82, 2.24) is 10.2 Å². The first kappa shape index (κ1) is 14.3. The summed E-state index contributed by atoms with van der Waals surface area (Å²) in [7, 11) is 4.16. The van der Waals surface area contributed by atoms with Gasteiger partial charge < -0.3 is 9.73 Å². The van der Waals surface area contributed by atoms with E-state index in [1.807, 2.05) is 23.5 Å². The smallest absolute Gasteiger partial charge is 0.122 e. The van der Waals surface area contributed by atoms with Gasteiger partial charge >= 0.3 is 0 Å². The number of nitrogens with one attached hydrogen (secondary N) is 1. The number of thiophene rings is 1. The fraction of sp³-hybridized carbons (Fsp3) is 0.467. The van der Waals surface area contributed by atoms with E-state index in [9.17, 15) is 0 Å². The number of aryl methyl sites for hydroxylation is 1. The highest BCUT2D eigenvalue weighted by atomic mass is 32.1. The third-order valence-electron chi connectivity index (χ3n) is 3.20. The average Bonchev–Trinajstić information content (AvgIpc) is 3.05. The summed E-state index contributed by atoms with van der Waals surface area (Å²) in [6.45, 7) is 4.01. The summed E-state index contributed by atoms with van der Waals surface area (Å²) in [6, 6.07) is 8.69. The van der Waals surface area contributed by atoms with Crippen molar-refractivity contribution in [1.29, 1.82) is 0 Å². The highest BCUT2D eigenvalue weighted by Gasteiger charge is 2.16. The van der Waals surface area contributed by atoms with E-state index in [1.54, 1.807) is 6.26 Å². The van der Waals surface area contributed by atoms with E-state index in [0.29, 0.717) is 0 Å². The summed E-state index contributed by atoms with van der Waals surface area (Å²) in [5.41, 5.74) is 0. The van der Waals surface area contributed by atoms with Gasteiger partial charge in [-0.15, -0.1) is 11.3 Å². The lowest BCUT2D eigenvalue weighted by Crippen LogP contribution is -2.30. The van der Waals surface area contributed by atoms with Crippen LogP contribution in [0.1, 0.15) is 28.5 Å². The van der Waals surface area contributed by atoms with Gasteiger partial charge in [-0.25, -0.2) is 0 Å². The molecule has 0 aromatic carbocycles. The monoisotopic (exact) mass is 278 g/mol. The summed E-state index contributed by atoms with van der Waals surface area (Å²) in [5.74, 6) is 1.01. The Morgan fingerprint density at radius 2 is 2.05 bits per heavy atom. The molecule has 2 aromatic heterocycles. The Bertz CT molecular complexity index is 476. The molecule has 0 bridgehead atoms. The SMILES string of the molecule is CCc1ccc(CNCC(c2ccco2)N(C)C)s1. The maximum absolute atomic E-state index is 5.50. The van der Waals surface area contributed by atoms with E-state index in [1.165, 1.54) is 9.75 Å². The molecule has 0 fully saturated rings. The second-order valence-electron chi connectivity index (χ2n) is 4.85. The zero-order valence-corrected chi connectivity index (χ0v) is 12.7. The summed E-state index contributed by atoms with van der Waals surface area (Å²) in [5, 5.41) is 3.52. The first-order chi connectivity index (χ1) is 9.20. The van der Waals surface area contributed by atoms with E-state index in [-0.39, 0.29) is 6.04 Å². The van der Waals surface area contributed by atoms with Crippen LogP contribution in [0.5, 0.6) is 0 Å². The largest absolute Gasteiger partial charge is 0.468 e. The molecule has 1 unspecified atom stereocenters. The molecule has 19 heavy (non-hydrogen) atoms. The maximum atomic E-state index is 5.50. The Morgan fingerprint density at radius 1 is 1.26 bits per heavy atom. The Balaban J connectivity index is 1.86. The molecule has 0 amide bonds.